The van der Waals surface area contributed by atoms with Crippen molar-refractivity contribution in [2.24, 2.45) is 15.9 Å². The normalized spacial score (nSPS) is 28.9. The molecule has 16 heavy (non-hydrogen) atoms. The van der Waals surface area contributed by atoms with Crippen LogP contribution in [0.15, 0.2) is 9.98 Å². The summed E-state index contributed by atoms with van der Waals surface area (Å²) in [5.41, 5.74) is 0. The summed E-state index contributed by atoms with van der Waals surface area (Å²) in [6.07, 6.45) is 9.41. The van der Waals surface area contributed by atoms with Crippen LogP contribution in [0.1, 0.15) is 38.5 Å². The molecule has 88 valence electrons. The molecule has 0 N–H and O–H groups in total. The average molecular weight is 334 g/mol. The second-order valence-electron chi connectivity index (χ2n) is 4.08. The Labute approximate surface area is 109 Å². The molecule has 0 spiro atoms. The topological polar surface area (TPSA) is 58.9 Å². The lowest BCUT2D eigenvalue weighted by atomic mass is 9.82. The van der Waals surface area contributed by atoms with E-state index in [4.69, 9.17) is 0 Å². The summed E-state index contributed by atoms with van der Waals surface area (Å²) in [4.78, 5) is 27.9. The molecule has 0 aromatic heterocycles. The number of hydrogen-bond donors (Lipinski definition) is 0. The predicted molar refractivity (Wildman–Crippen MR) is 69.1 cm³/mol. The fourth-order valence-electron chi connectivity index (χ4n) is 2.24. The minimum absolute atomic E-state index is 0.275. The molecular weight excluding hydrogens is 319 g/mol. The standard InChI is InChI=1S/C11H15IN2O2/c12-11(14-9-16)6-2-1-4-10(11)5-3-7-13-8-15/h10H,1-7H2. The molecular formula is C11H15IN2O2. The fraction of sp³-hybridized carbons (Fsp3) is 0.818. The van der Waals surface area contributed by atoms with Crippen molar-refractivity contribution < 1.29 is 9.59 Å². The molecule has 4 nitrogen and oxygen atoms in total. The molecule has 0 aromatic rings. The summed E-state index contributed by atoms with van der Waals surface area (Å²) < 4.78 is -0.275. The molecule has 0 radical (unpaired) electrons. The van der Waals surface area contributed by atoms with E-state index in [0.717, 1.165) is 32.1 Å². The Morgan fingerprint density at radius 1 is 1.31 bits per heavy atom. The molecule has 0 aromatic carbocycles. The van der Waals surface area contributed by atoms with Gasteiger partial charge in [0, 0.05) is 0 Å². The molecule has 1 saturated carbocycles. The third-order valence-corrected chi connectivity index (χ3v) is 4.74. The maximum atomic E-state index is 10.4. The summed E-state index contributed by atoms with van der Waals surface area (Å²) in [6, 6.07) is 0. The van der Waals surface area contributed by atoms with E-state index in [1.165, 1.54) is 12.5 Å². The Morgan fingerprint density at radius 3 is 2.81 bits per heavy atom. The molecule has 1 rings (SSSR count). The van der Waals surface area contributed by atoms with Gasteiger partial charge in [-0.3, -0.25) is 0 Å². The first-order valence-electron chi connectivity index (χ1n) is 5.54. The van der Waals surface area contributed by atoms with Crippen LogP contribution in [0.4, 0.5) is 0 Å². The van der Waals surface area contributed by atoms with E-state index >= 15 is 0 Å². The van der Waals surface area contributed by atoms with Crippen molar-refractivity contribution in [1.82, 2.24) is 0 Å². The first-order chi connectivity index (χ1) is 7.73. The van der Waals surface area contributed by atoms with Crippen molar-refractivity contribution in [3.05, 3.63) is 0 Å². The zero-order valence-electron chi connectivity index (χ0n) is 9.12. The van der Waals surface area contributed by atoms with Gasteiger partial charge in [0.05, 0.1) is 6.54 Å². The second kappa shape index (κ2) is 6.94. The van der Waals surface area contributed by atoms with Crippen LogP contribution in [0.25, 0.3) is 0 Å². The number of rotatable bonds is 5. The smallest absolute Gasteiger partial charge is 0.211 e. The third kappa shape index (κ3) is 3.81. The minimum Gasteiger partial charge on any atom is -0.211 e. The first kappa shape index (κ1) is 13.6. The van der Waals surface area contributed by atoms with Gasteiger partial charge in [-0.15, -0.1) is 0 Å². The van der Waals surface area contributed by atoms with Gasteiger partial charge in [-0.1, -0.05) is 35.4 Å². The van der Waals surface area contributed by atoms with Crippen molar-refractivity contribution >= 4 is 34.8 Å². The number of carbonyl (C=O) groups excluding carboxylic acids is 2. The van der Waals surface area contributed by atoms with Crippen LogP contribution in [-0.2, 0) is 9.59 Å². The summed E-state index contributed by atoms with van der Waals surface area (Å²) in [5, 5.41) is 0. The highest BCUT2D eigenvalue weighted by molar-refractivity contribution is 14.1. The Bertz CT molecular complexity index is 322. The van der Waals surface area contributed by atoms with Gasteiger partial charge < -0.3 is 0 Å². The monoisotopic (exact) mass is 334 g/mol. The molecule has 0 saturated heterocycles. The van der Waals surface area contributed by atoms with Gasteiger partial charge in [0.1, 0.15) is 3.55 Å². The number of hydrogen-bond acceptors (Lipinski definition) is 4. The highest BCUT2D eigenvalue weighted by atomic mass is 127. The van der Waals surface area contributed by atoms with Crippen LogP contribution in [0.5, 0.6) is 0 Å². The Hall–Kier alpha value is -0.510. The molecule has 5 heteroatoms. The maximum Gasteiger partial charge on any atom is 0.236 e. The van der Waals surface area contributed by atoms with Crippen molar-refractivity contribution in [2.45, 2.75) is 42.1 Å². The van der Waals surface area contributed by atoms with Gasteiger partial charge in [0.15, 0.2) is 0 Å². The van der Waals surface area contributed by atoms with Gasteiger partial charge in [-0.2, -0.15) is 4.99 Å². The lowest BCUT2D eigenvalue weighted by Gasteiger charge is -2.35. The summed E-state index contributed by atoms with van der Waals surface area (Å²) in [6.45, 7) is 0.525. The van der Waals surface area contributed by atoms with E-state index in [-0.39, 0.29) is 3.55 Å². The van der Waals surface area contributed by atoms with Crippen LogP contribution < -0.4 is 0 Å². The quantitative estimate of drug-likeness (QED) is 0.194. The highest BCUT2D eigenvalue weighted by Gasteiger charge is 2.37. The molecule has 0 amide bonds. The van der Waals surface area contributed by atoms with Crippen molar-refractivity contribution in [1.29, 1.82) is 0 Å². The maximum absolute atomic E-state index is 10.4. The van der Waals surface area contributed by atoms with Crippen molar-refractivity contribution in [2.75, 3.05) is 6.54 Å². The van der Waals surface area contributed by atoms with Crippen LogP contribution in [-0.4, -0.2) is 22.3 Å². The molecule has 2 atom stereocenters. The lowest BCUT2D eigenvalue weighted by Crippen LogP contribution is -2.32. The van der Waals surface area contributed by atoms with Gasteiger partial charge in [0.2, 0.25) is 12.2 Å². The molecule has 1 aliphatic rings. The Kier molecular flexibility index (Phi) is 5.88. The van der Waals surface area contributed by atoms with Crippen LogP contribution in [0.2, 0.25) is 0 Å². The van der Waals surface area contributed by atoms with Crippen molar-refractivity contribution in [3.63, 3.8) is 0 Å². The lowest BCUT2D eigenvalue weighted by molar-refractivity contribution is 0.276. The van der Waals surface area contributed by atoms with Gasteiger partial charge in [0.25, 0.3) is 0 Å². The number of alkyl halides is 1. The van der Waals surface area contributed by atoms with Crippen LogP contribution in [0.3, 0.4) is 0 Å². The Morgan fingerprint density at radius 2 is 2.12 bits per heavy atom. The molecule has 0 heterocycles. The molecule has 1 fully saturated rings. The summed E-state index contributed by atoms with van der Waals surface area (Å²) in [7, 11) is 0. The highest BCUT2D eigenvalue weighted by Crippen LogP contribution is 2.44. The Balaban J connectivity index is 2.53. The summed E-state index contributed by atoms with van der Waals surface area (Å²) >= 11 is 2.28. The van der Waals surface area contributed by atoms with Gasteiger partial charge in [-0.05, 0) is 31.6 Å². The average Bonchev–Trinajstić information content (AvgIpc) is 2.27. The van der Waals surface area contributed by atoms with Crippen LogP contribution >= 0.6 is 22.6 Å². The molecule has 1 aliphatic carbocycles. The zero-order valence-corrected chi connectivity index (χ0v) is 11.3. The number of nitrogens with zero attached hydrogens (tertiary/aromatic N) is 2. The fourth-order valence-corrected chi connectivity index (χ4v) is 3.34. The minimum atomic E-state index is -0.275. The predicted octanol–water partition coefficient (Wildman–Crippen LogP) is 2.76. The van der Waals surface area contributed by atoms with Crippen LogP contribution in [0, 0.1) is 5.92 Å². The first-order valence-corrected chi connectivity index (χ1v) is 6.62. The van der Waals surface area contributed by atoms with E-state index in [9.17, 15) is 9.59 Å². The third-order valence-electron chi connectivity index (χ3n) is 3.07. The molecule has 0 aliphatic heterocycles. The van der Waals surface area contributed by atoms with E-state index < -0.39 is 0 Å². The number of aliphatic imine (C=N–C) groups is 2. The van der Waals surface area contributed by atoms with Crippen molar-refractivity contribution in [3.8, 4) is 0 Å². The second-order valence-corrected chi connectivity index (χ2v) is 5.95. The summed E-state index contributed by atoms with van der Waals surface area (Å²) in [5.74, 6) is 0.408. The molecule has 0 bridgehead atoms. The van der Waals surface area contributed by atoms with E-state index in [0.29, 0.717) is 12.5 Å². The van der Waals surface area contributed by atoms with E-state index in [1.54, 1.807) is 6.08 Å². The SMILES string of the molecule is O=C=NCCCC1CCCCC1(I)N=C=O. The van der Waals surface area contributed by atoms with E-state index in [1.807, 2.05) is 0 Å². The van der Waals surface area contributed by atoms with Gasteiger partial charge in [-0.25, -0.2) is 14.6 Å². The van der Waals surface area contributed by atoms with E-state index in [2.05, 4.69) is 32.6 Å². The number of halogens is 1. The molecule has 2 unspecified atom stereocenters. The zero-order chi connectivity index (χ0) is 11.9. The van der Waals surface area contributed by atoms with Gasteiger partial charge >= 0.3 is 0 Å². The largest absolute Gasteiger partial charge is 0.236 e. The number of isocyanates is 2.